The highest BCUT2D eigenvalue weighted by Gasteiger charge is 2.53. The van der Waals surface area contributed by atoms with Crippen LogP contribution < -0.4 is 5.32 Å². The summed E-state index contributed by atoms with van der Waals surface area (Å²) >= 11 is 0. The molecule has 1 N–H and O–H groups in total. The van der Waals surface area contributed by atoms with Crippen molar-refractivity contribution in [3.05, 3.63) is 0 Å². The summed E-state index contributed by atoms with van der Waals surface area (Å²) in [5.74, 6) is 3.56. The molecule has 0 spiro atoms. The molecule has 1 aliphatic carbocycles. The lowest BCUT2D eigenvalue weighted by Crippen LogP contribution is -2.55. The van der Waals surface area contributed by atoms with Gasteiger partial charge >= 0.3 is 0 Å². The second-order valence-corrected chi connectivity index (χ2v) is 7.71. The lowest BCUT2D eigenvalue weighted by molar-refractivity contribution is 0.0108. The van der Waals surface area contributed by atoms with Gasteiger partial charge in [0, 0.05) is 24.7 Å². The van der Waals surface area contributed by atoms with E-state index in [1.807, 2.05) is 0 Å². The minimum atomic E-state index is 0.401. The fourth-order valence-corrected chi connectivity index (χ4v) is 5.24. The molecule has 0 bridgehead atoms. The van der Waals surface area contributed by atoms with Gasteiger partial charge in [-0.3, -0.25) is 4.90 Å². The quantitative estimate of drug-likeness (QED) is 0.770. The van der Waals surface area contributed by atoms with Gasteiger partial charge in [-0.25, -0.2) is 0 Å². The van der Waals surface area contributed by atoms with Gasteiger partial charge in [0.15, 0.2) is 0 Å². The van der Waals surface area contributed by atoms with E-state index in [0.29, 0.717) is 5.54 Å². The van der Waals surface area contributed by atoms with Crippen LogP contribution in [0.4, 0.5) is 0 Å². The van der Waals surface area contributed by atoms with E-state index < -0.39 is 0 Å². The van der Waals surface area contributed by atoms with E-state index in [1.54, 1.807) is 0 Å². The first-order valence-corrected chi connectivity index (χ1v) is 7.99. The van der Waals surface area contributed by atoms with Gasteiger partial charge in [0.05, 0.1) is 0 Å². The largest absolute Gasteiger partial charge is 0.316 e. The maximum atomic E-state index is 3.60. The smallest absolute Gasteiger partial charge is 0.0200 e. The van der Waals surface area contributed by atoms with E-state index in [-0.39, 0.29) is 0 Å². The molecule has 2 heterocycles. The lowest BCUT2D eigenvalue weighted by Gasteiger charge is -2.48. The number of hydrogen-bond acceptors (Lipinski definition) is 2. The zero-order valence-corrected chi connectivity index (χ0v) is 12.6. The number of hydrogen-bond donors (Lipinski definition) is 1. The Morgan fingerprint density at radius 2 is 1.72 bits per heavy atom. The summed E-state index contributed by atoms with van der Waals surface area (Å²) in [4.78, 5) is 2.90. The van der Waals surface area contributed by atoms with Crippen LogP contribution in [0.3, 0.4) is 0 Å². The molecular formula is C16H30N2. The van der Waals surface area contributed by atoms with Crippen molar-refractivity contribution in [3.63, 3.8) is 0 Å². The molecule has 0 aromatic heterocycles. The third-order valence-corrected chi connectivity index (χ3v) is 6.26. The summed E-state index contributed by atoms with van der Waals surface area (Å²) < 4.78 is 0. The summed E-state index contributed by atoms with van der Waals surface area (Å²) in [7, 11) is 0. The Morgan fingerprint density at radius 1 is 1.06 bits per heavy atom. The molecule has 3 fully saturated rings. The molecule has 3 aliphatic rings. The van der Waals surface area contributed by atoms with Crippen molar-refractivity contribution in [2.75, 3.05) is 19.6 Å². The Balaban J connectivity index is 1.83. The highest BCUT2D eigenvalue weighted by Crippen LogP contribution is 2.46. The van der Waals surface area contributed by atoms with Gasteiger partial charge < -0.3 is 5.32 Å². The Labute approximate surface area is 113 Å². The van der Waals surface area contributed by atoms with Crippen LogP contribution in [-0.4, -0.2) is 36.1 Å². The van der Waals surface area contributed by atoms with Gasteiger partial charge in [0.2, 0.25) is 0 Å². The summed E-state index contributed by atoms with van der Waals surface area (Å²) in [6.45, 7) is 13.8. The SMILES string of the molecule is CC1CCCC(C)C1N1CC2CNCC2C1(C)C. The molecule has 0 radical (unpaired) electrons. The van der Waals surface area contributed by atoms with Crippen LogP contribution in [0, 0.1) is 23.7 Å². The van der Waals surface area contributed by atoms with Crippen molar-refractivity contribution in [3.8, 4) is 0 Å². The molecule has 1 saturated carbocycles. The van der Waals surface area contributed by atoms with Crippen molar-refractivity contribution in [1.82, 2.24) is 10.2 Å². The first kappa shape index (κ1) is 12.9. The Kier molecular flexibility index (Phi) is 3.22. The van der Waals surface area contributed by atoms with Crippen LogP contribution in [0.15, 0.2) is 0 Å². The minimum Gasteiger partial charge on any atom is -0.316 e. The minimum absolute atomic E-state index is 0.401. The maximum Gasteiger partial charge on any atom is 0.0200 e. The van der Waals surface area contributed by atoms with Gasteiger partial charge in [0.25, 0.3) is 0 Å². The molecule has 2 nitrogen and oxygen atoms in total. The van der Waals surface area contributed by atoms with E-state index in [4.69, 9.17) is 0 Å². The molecule has 3 rings (SSSR count). The molecule has 104 valence electrons. The van der Waals surface area contributed by atoms with E-state index in [9.17, 15) is 0 Å². The second kappa shape index (κ2) is 4.49. The van der Waals surface area contributed by atoms with Crippen LogP contribution in [-0.2, 0) is 0 Å². The van der Waals surface area contributed by atoms with Crippen LogP contribution >= 0.6 is 0 Å². The topological polar surface area (TPSA) is 15.3 Å². The molecular weight excluding hydrogens is 220 g/mol. The summed E-state index contributed by atoms with van der Waals surface area (Å²) in [6, 6.07) is 0.833. The summed E-state index contributed by atoms with van der Waals surface area (Å²) in [5.41, 5.74) is 0.401. The molecule has 2 aliphatic heterocycles. The average Bonchev–Trinajstić information content (AvgIpc) is 2.83. The first-order chi connectivity index (χ1) is 8.51. The van der Waals surface area contributed by atoms with Crippen molar-refractivity contribution in [1.29, 1.82) is 0 Å². The molecule has 4 unspecified atom stereocenters. The molecule has 4 atom stereocenters. The monoisotopic (exact) mass is 250 g/mol. The predicted molar refractivity (Wildman–Crippen MR) is 76.6 cm³/mol. The maximum absolute atomic E-state index is 3.60. The zero-order valence-electron chi connectivity index (χ0n) is 12.6. The van der Waals surface area contributed by atoms with Crippen LogP contribution in [0.2, 0.25) is 0 Å². The third-order valence-electron chi connectivity index (χ3n) is 6.26. The van der Waals surface area contributed by atoms with E-state index in [1.165, 1.54) is 38.9 Å². The lowest BCUT2D eigenvalue weighted by atomic mass is 9.76. The van der Waals surface area contributed by atoms with Crippen molar-refractivity contribution >= 4 is 0 Å². The fourth-order valence-electron chi connectivity index (χ4n) is 5.24. The molecule has 0 aromatic rings. The van der Waals surface area contributed by atoms with Gasteiger partial charge in [-0.1, -0.05) is 20.3 Å². The second-order valence-electron chi connectivity index (χ2n) is 7.71. The van der Waals surface area contributed by atoms with E-state index in [0.717, 1.165) is 29.7 Å². The number of nitrogens with one attached hydrogen (secondary N) is 1. The molecule has 0 aromatic carbocycles. The van der Waals surface area contributed by atoms with Gasteiger partial charge in [0.1, 0.15) is 0 Å². The van der Waals surface area contributed by atoms with E-state index in [2.05, 4.69) is 37.9 Å². The van der Waals surface area contributed by atoms with Crippen LogP contribution in [0.25, 0.3) is 0 Å². The zero-order chi connectivity index (χ0) is 12.9. The van der Waals surface area contributed by atoms with Gasteiger partial charge in [-0.15, -0.1) is 0 Å². The number of nitrogens with zero attached hydrogens (tertiary/aromatic N) is 1. The Hall–Kier alpha value is -0.0800. The normalized spacial score (nSPS) is 48.3. The number of fused-ring (bicyclic) bond motifs is 1. The number of rotatable bonds is 1. The third kappa shape index (κ3) is 1.84. The van der Waals surface area contributed by atoms with Crippen molar-refractivity contribution < 1.29 is 0 Å². The Morgan fingerprint density at radius 3 is 2.33 bits per heavy atom. The van der Waals surface area contributed by atoms with Gasteiger partial charge in [-0.05, 0) is 56.9 Å². The van der Waals surface area contributed by atoms with Crippen LogP contribution in [0.1, 0.15) is 47.0 Å². The highest BCUT2D eigenvalue weighted by molar-refractivity contribution is 5.07. The fraction of sp³-hybridized carbons (Fsp3) is 1.00. The van der Waals surface area contributed by atoms with Crippen LogP contribution in [0.5, 0.6) is 0 Å². The van der Waals surface area contributed by atoms with Crippen molar-refractivity contribution in [2.45, 2.75) is 58.5 Å². The molecule has 18 heavy (non-hydrogen) atoms. The average molecular weight is 250 g/mol. The summed E-state index contributed by atoms with van der Waals surface area (Å²) in [6.07, 6.45) is 4.33. The molecule has 2 heteroatoms. The first-order valence-electron chi connectivity index (χ1n) is 7.99. The number of likely N-dealkylation sites (tertiary alicyclic amines) is 1. The molecule has 2 saturated heterocycles. The Bertz CT molecular complexity index is 302. The standard InChI is InChI=1S/C16H30N2/c1-11-6-5-7-12(2)15(11)18-10-13-8-17-9-14(13)16(18,3)4/h11-15,17H,5-10H2,1-4H3. The predicted octanol–water partition coefficient (Wildman–Crippen LogP) is 2.74. The highest BCUT2D eigenvalue weighted by atomic mass is 15.3. The molecule has 0 amide bonds. The van der Waals surface area contributed by atoms with E-state index >= 15 is 0 Å². The summed E-state index contributed by atoms with van der Waals surface area (Å²) in [5, 5.41) is 3.60. The van der Waals surface area contributed by atoms with Gasteiger partial charge in [-0.2, -0.15) is 0 Å². The van der Waals surface area contributed by atoms with Crippen molar-refractivity contribution in [2.24, 2.45) is 23.7 Å².